The van der Waals surface area contributed by atoms with E-state index >= 15 is 0 Å². The van der Waals surface area contributed by atoms with Gasteiger partial charge < -0.3 is 4.74 Å². The molecule has 5 unspecified atom stereocenters. The molecule has 0 aromatic heterocycles. The Morgan fingerprint density at radius 3 is 2.80 bits per heavy atom. The molecule has 0 saturated heterocycles. The van der Waals surface area contributed by atoms with Gasteiger partial charge in [-0.3, -0.25) is 0 Å². The van der Waals surface area contributed by atoms with Crippen molar-refractivity contribution in [2.24, 2.45) is 23.7 Å². The van der Waals surface area contributed by atoms with E-state index < -0.39 is 0 Å². The van der Waals surface area contributed by atoms with Crippen molar-refractivity contribution in [1.82, 2.24) is 0 Å². The Morgan fingerprint density at radius 2 is 2.00 bits per heavy atom. The van der Waals surface area contributed by atoms with Crippen LogP contribution < -0.4 is 0 Å². The predicted molar refractivity (Wildman–Crippen MR) is 57.1 cm³/mol. The molecule has 0 aromatic carbocycles. The maximum absolute atomic E-state index is 11.2. The van der Waals surface area contributed by atoms with Crippen molar-refractivity contribution in [2.45, 2.75) is 38.2 Å². The van der Waals surface area contributed by atoms with Crippen LogP contribution in [0.1, 0.15) is 32.1 Å². The van der Waals surface area contributed by atoms with Crippen LogP contribution in [0.4, 0.5) is 0 Å². The van der Waals surface area contributed by atoms with E-state index in [9.17, 15) is 4.79 Å². The number of rotatable bonds is 2. The van der Waals surface area contributed by atoms with E-state index in [0.717, 1.165) is 24.2 Å². The number of carbonyl (C=O) groups excluding carboxylic acids is 1. The summed E-state index contributed by atoms with van der Waals surface area (Å²) in [6.07, 6.45) is 8.11. The van der Waals surface area contributed by atoms with Crippen molar-refractivity contribution in [1.29, 1.82) is 0 Å². The number of hydrogen-bond donors (Lipinski definition) is 0. The van der Waals surface area contributed by atoms with Crippen molar-refractivity contribution in [3.05, 3.63) is 12.7 Å². The van der Waals surface area contributed by atoms with Crippen LogP contribution in [0.2, 0.25) is 0 Å². The highest BCUT2D eigenvalue weighted by Crippen LogP contribution is 2.59. The first-order valence-corrected chi connectivity index (χ1v) is 6.12. The molecule has 2 bridgehead atoms. The van der Waals surface area contributed by atoms with Crippen molar-refractivity contribution < 1.29 is 9.53 Å². The van der Waals surface area contributed by atoms with Gasteiger partial charge in [0.25, 0.3) is 0 Å². The van der Waals surface area contributed by atoms with E-state index in [-0.39, 0.29) is 12.1 Å². The van der Waals surface area contributed by atoms with Gasteiger partial charge in [-0.15, -0.1) is 0 Å². The topological polar surface area (TPSA) is 26.3 Å². The van der Waals surface area contributed by atoms with Gasteiger partial charge in [0, 0.05) is 6.08 Å². The lowest BCUT2D eigenvalue weighted by Crippen LogP contribution is -2.31. The minimum Gasteiger partial charge on any atom is -0.459 e. The maximum atomic E-state index is 11.2. The second-order valence-electron chi connectivity index (χ2n) is 5.33. The molecule has 2 heteroatoms. The number of ether oxygens (including phenoxy) is 1. The highest BCUT2D eigenvalue weighted by atomic mass is 16.5. The van der Waals surface area contributed by atoms with Crippen molar-refractivity contribution in [3.8, 4) is 0 Å². The normalized spacial score (nSPS) is 46.5. The van der Waals surface area contributed by atoms with Crippen molar-refractivity contribution in [2.75, 3.05) is 0 Å². The molecular formula is C13H18O2. The van der Waals surface area contributed by atoms with E-state index in [4.69, 9.17) is 4.74 Å². The number of hydrogen-bond acceptors (Lipinski definition) is 2. The van der Waals surface area contributed by atoms with E-state index in [1.54, 1.807) is 0 Å². The minimum atomic E-state index is -0.234. The maximum Gasteiger partial charge on any atom is 0.330 e. The molecule has 82 valence electrons. The van der Waals surface area contributed by atoms with Gasteiger partial charge in [-0.2, -0.15) is 0 Å². The van der Waals surface area contributed by atoms with Crippen LogP contribution in [0, 0.1) is 23.7 Å². The standard InChI is InChI=1S/C13H18O2/c1-2-13(14)15-12-7-8-6-11(12)10-5-3-4-9(8)10/h2,8-12H,1,3-7H2. The summed E-state index contributed by atoms with van der Waals surface area (Å²) < 4.78 is 5.45. The van der Waals surface area contributed by atoms with Crippen LogP contribution in [0.3, 0.4) is 0 Å². The molecule has 15 heavy (non-hydrogen) atoms. The number of fused-ring (bicyclic) bond motifs is 5. The summed E-state index contributed by atoms with van der Waals surface area (Å²) in [5, 5.41) is 0. The first-order valence-electron chi connectivity index (χ1n) is 6.12. The summed E-state index contributed by atoms with van der Waals surface area (Å²) in [6.45, 7) is 3.46. The average Bonchev–Trinajstić information content (AvgIpc) is 2.87. The molecule has 5 atom stereocenters. The molecular weight excluding hydrogens is 188 g/mol. The predicted octanol–water partition coefficient (Wildman–Crippen LogP) is 2.54. The van der Waals surface area contributed by atoms with Gasteiger partial charge in [-0.05, 0) is 49.4 Å². The molecule has 0 aliphatic heterocycles. The van der Waals surface area contributed by atoms with Crippen LogP contribution in [0.5, 0.6) is 0 Å². The van der Waals surface area contributed by atoms with Gasteiger partial charge in [0.2, 0.25) is 0 Å². The molecule has 0 amide bonds. The minimum absolute atomic E-state index is 0.208. The molecule has 3 fully saturated rings. The largest absolute Gasteiger partial charge is 0.459 e. The fourth-order valence-corrected chi connectivity index (χ4v) is 4.34. The Morgan fingerprint density at radius 1 is 1.20 bits per heavy atom. The Labute approximate surface area is 90.7 Å². The lowest BCUT2D eigenvalue weighted by molar-refractivity contribution is -0.146. The van der Waals surface area contributed by atoms with Crippen molar-refractivity contribution >= 4 is 5.97 Å². The summed E-state index contributed by atoms with van der Waals surface area (Å²) in [5.41, 5.74) is 0. The second-order valence-corrected chi connectivity index (χ2v) is 5.33. The molecule has 3 aliphatic rings. The fourth-order valence-electron chi connectivity index (χ4n) is 4.34. The molecule has 2 nitrogen and oxygen atoms in total. The second kappa shape index (κ2) is 3.36. The average molecular weight is 206 g/mol. The zero-order valence-electron chi connectivity index (χ0n) is 9.02. The summed E-state index contributed by atoms with van der Waals surface area (Å²) >= 11 is 0. The first-order chi connectivity index (χ1) is 7.29. The number of esters is 1. The summed E-state index contributed by atoms with van der Waals surface area (Å²) in [4.78, 5) is 11.2. The van der Waals surface area contributed by atoms with Gasteiger partial charge >= 0.3 is 5.97 Å². The van der Waals surface area contributed by atoms with Gasteiger partial charge in [-0.25, -0.2) is 4.79 Å². The first kappa shape index (κ1) is 9.44. The highest BCUT2D eigenvalue weighted by Gasteiger charge is 2.54. The van der Waals surface area contributed by atoms with Crippen LogP contribution in [-0.2, 0) is 9.53 Å². The molecule has 0 N–H and O–H groups in total. The molecule has 0 aromatic rings. The van der Waals surface area contributed by atoms with Crippen LogP contribution in [0.15, 0.2) is 12.7 Å². The summed E-state index contributed by atoms with van der Waals surface area (Å²) in [5.74, 6) is 3.12. The number of carbonyl (C=O) groups is 1. The van der Waals surface area contributed by atoms with E-state index in [1.165, 1.54) is 31.8 Å². The third-order valence-electron chi connectivity index (χ3n) is 4.80. The zero-order valence-corrected chi connectivity index (χ0v) is 9.02. The Bertz CT molecular complexity index is 297. The molecule has 3 saturated carbocycles. The van der Waals surface area contributed by atoms with Crippen LogP contribution >= 0.6 is 0 Å². The van der Waals surface area contributed by atoms with Gasteiger partial charge in [0.05, 0.1) is 0 Å². The van der Waals surface area contributed by atoms with E-state index in [0.29, 0.717) is 5.92 Å². The third-order valence-corrected chi connectivity index (χ3v) is 4.80. The lowest BCUT2D eigenvalue weighted by Gasteiger charge is -2.30. The van der Waals surface area contributed by atoms with E-state index in [2.05, 4.69) is 6.58 Å². The third kappa shape index (κ3) is 1.34. The lowest BCUT2D eigenvalue weighted by atomic mass is 9.80. The molecule has 0 spiro atoms. The smallest absolute Gasteiger partial charge is 0.330 e. The fraction of sp³-hybridized carbons (Fsp3) is 0.769. The van der Waals surface area contributed by atoms with Crippen LogP contribution in [-0.4, -0.2) is 12.1 Å². The highest BCUT2D eigenvalue weighted by molar-refractivity contribution is 5.81. The SMILES string of the molecule is C=CC(=O)OC1CC2CC1C1CCCC21. The van der Waals surface area contributed by atoms with E-state index in [1.807, 2.05) is 0 Å². The molecule has 0 heterocycles. The van der Waals surface area contributed by atoms with Gasteiger partial charge in [0.1, 0.15) is 6.10 Å². The molecule has 0 radical (unpaired) electrons. The van der Waals surface area contributed by atoms with Gasteiger partial charge in [0.15, 0.2) is 0 Å². The van der Waals surface area contributed by atoms with Gasteiger partial charge in [-0.1, -0.05) is 13.0 Å². The van der Waals surface area contributed by atoms with Crippen molar-refractivity contribution in [3.63, 3.8) is 0 Å². The quantitative estimate of drug-likeness (QED) is 0.512. The Hall–Kier alpha value is -0.790. The molecule has 3 aliphatic carbocycles. The zero-order chi connectivity index (χ0) is 10.4. The monoisotopic (exact) mass is 206 g/mol. The summed E-state index contributed by atoms with van der Waals surface area (Å²) in [6, 6.07) is 0. The Balaban J connectivity index is 1.70. The summed E-state index contributed by atoms with van der Waals surface area (Å²) in [7, 11) is 0. The molecule has 3 rings (SSSR count). The Kier molecular flexibility index (Phi) is 2.11. The van der Waals surface area contributed by atoms with Crippen LogP contribution in [0.25, 0.3) is 0 Å².